The van der Waals surface area contributed by atoms with Crippen molar-refractivity contribution in [3.05, 3.63) is 35.8 Å². The number of imidazole rings is 1. The van der Waals surface area contributed by atoms with Crippen LogP contribution in [-0.2, 0) is 22.6 Å². The van der Waals surface area contributed by atoms with Gasteiger partial charge in [-0.05, 0) is 30.5 Å². The summed E-state index contributed by atoms with van der Waals surface area (Å²) >= 11 is 0. The zero-order valence-corrected chi connectivity index (χ0v) is 13.5. The average Bonchev–Trinajstić information content (AvgIpc) is 3.04. The molecule has 0 radical (unpaired) electrons. The largest absolute Gasteiger partial charge is 0.480 e. The Bertz CT molecular complexity index is 875. The van der Waals surface area contributed by atoms with E-state index in [9.17, 15) is 4.79 Å². The van der Waals surface area contributed by atoms with E-state index in [1.54, 1.807) is 6.33 Å². The summed E-state index contributed by atoms with van der Waals surface area (Å²) in [6, 6.07) is 5.97. The highest BCUT2D eigenvalue weighted by Crippen LogP contribution is 2.28. The monoisotopic (exact) mass is 328 g/mol. The second-order valence-corrected chi connectivity index (χ2v) is 5.93. The molecule has 0 amide bonds. The van der Waals surface area contributed by atoms with Crippen molar-refractivity contribution in [1.29, 1.82) is 0 Å². The van der Waals surface area contributed by atoms with Gasteiger partial charge in [0.2, 0.25) is 0 Å². The first-order valence-electron chi connectivity index (χ1n) is 7.83. The number of nitrogens with zero attached hydrogens (tertiary/aromatic N) is 2. The Kier molecular flexibility index (Phi) is 4.73. The minimum atomic E-state index is -1.00. The maximum atomic E-state index is 10.6. The van der Waals surface area contributed by atoms with Crippen LogP contribution in [0.4, 0.5) is 0 Å². The summed E-state index contributed by atoms with van der Waals surface area (Å²) in [6.07, 6.45) is 2.47. The summed E-state index contributed by atoms with van der Waals surface area (Å²) in [4.78, 5) is 22.8. The summed E-state index contributed by atoms with van der Waals surface area (Å²) in [6.45, 7) is 2.49. The summed E-state index contributed by atoms with van der Waals surface area (Å²) < 4.78 is 5.19. The Morgan fingerprint density at radius 3 is 3.04 bits per heavy atom. The molecular weight excluding hydrogens is 308 g/mol. The Balaban J connectivity index is 2.07. The van der Waals surface area contributed by atoms with E-state index in [-0.39, 0.29) is 13.2 Å². The minimum absolute atomic E-state index is 0.115. The second-order valence-electron chi connectivity index (χ2n) is 5.93. The minimum Gasteiger partial charge on any atom is -0.480 e. The van der Waals surface area contributed by atoms with Gasteiger partial charge in [0.1, 0.15) is 6.61 Å². The van der Waals surface area contributed by atoms with E-state index in [2.05, 4.69) is 27.9 Å². The number of fused-ring (bicyclic) bond motifs is 3. The lowest BCUT2D eigenvalue weighted by atomic mass is 9.96. The van der Waals surface area contributed by atoms with Gasteiger partial charge in [0.15, 0.2) is 0 Å². The van der Waals surface area contributed by atoms with Crippen molar-refractivity contribution in [2.24, 2.45) is 11.7 Å². The van der Waals surface area contributed by atoms with Crippen molar-refractivity contribution in [2.75, 3.05) is 13.2 Å². The summed E-state index contributed by atoms with van der Waals surface area (Å²) in [5, 5.41) is 9.71. The topological polar surface area (TPSA) is 114 Å². The maximum Gasteiger partial charge on any atom is 0.329 e. The van der Waals surface area contributed by atoms with E-state index >= 15 is 0 Å². The summed E-state index contributed by atoms with van der Waals surface area (Å²) in [5.41, 5.74) is 10.0. The van der Waals surface area contributed by atoms with Crippen LogP contribution < -0.4 is 5.73 Å². The van der Waals surface area contributed by atoms with E-state index in [0.29, 0.717) is 18.2 Å². The molecule has 0 spiro atoms. The number of hydrogen-bond acceptors (Lipinski definition) is 5. The molecule has 126 valence electrons. The van der Waals surface area contributed by atoms with Crippen molar-refractivity contribution in [3.63, 3.8) is 0 Å². The van der Waals surface area contributed by atoms with Gasteiger partial charge < -0.3 is 20.6 Å². The fraction of sp³-hybridized carbons (Fsp3) is 0.353. The number of aromatic nitrogens is 3. The lowest BCUT2D eigenvalue weighted by Crippen LogP contribution is -2.13. The molecule has 1 atom stereocenters. The molecule has 4 N–H and O–H groups in total. The smallest absolute Gasteiger partial charge is 0.329 e. The highest BCUT2D eigenvalue weighted by molar-refractivity contribution is 6.04. The molecule has 0 aliphatic carbocycles. The third-order valence-corrected chi connectivity index (χ3v) is 3.98. The molecular formula is C17H20N4O3. The number of benzene rings is 1. The van der Waals surface area contributed by atoms with Gasteiger partial charge in [0, 0.05) is 5.39 Å². The Labute approximate surface area is 138 Å². The predicted octanol–water partition coefficient (Wildman–Crippen LogP) is 1.85. The second kappa shape index (κ2) is 6.94. The zero-order chi connectivity index (χ0) is 17.1. The number of carbonyl (C=O) groups is 1. The first kappa shape index (κ1) is 16.4. The van der Waals surface area contributed by atoms with Crippen LogP contribution in [0.15, 0.2) is 24.5 Å². The van der Waals surface area contributed by atoms with Gasteiger partial charge in [-0.25, -0.2) is 14.8 Å². The molecule has 2 heterocycles. The van der Waals surface area contributed by atoms with Gasteiger partial charge in [-0.1, -0.05) is 19.1 Å². The number of carboxylic acid groups (broad SMARTS) is 1. The SMILES string of the molecule is CC(CN)Cc1cccc2nc(COCC(=O)O)c3[nH]cnc3c12. The van der Waals surface area contributed by atoms with Gasteiger partial charge in [-0.15, -0.1) is 0 Å². The molecule has 0 aliphatic heterocycles. The number of aliphatic carboxylic acids is 1. The predicted molar refractivity (Wildman–Crippen MR) is 90.6 cm³/mol. The first-order valence-corrected chi connectivity index (χ1v) is 7.83. The molecule has 1 unspecified atom stereocenters. The van der Waals surface area contributed by atoms with Gasteiger partial charge in [0.05, 0.1) is 35.2 Å². The Morgan fingerprint density at radius 2 is 2.29 bits per heavy atom. The molecule has 3 aromatic rings. The molecule has 7 nitrogen and oxygen atoms in total. The third kappa shape index (κ3) is 3.22. The van der Waals surface area contributed by atoms with Crippen molar-refractivity contribution < 1.29 is 14.6 Å². The van der Waals surface area contributed by atoms with Crippen LogP contribution in [-0.4, -0.2) is 39.2 Å². The number of ether oxygens (including phenoxy) is 1. The van der Waals surface area contributed by atoms with E-state index in [1.807, 2.05) is 12.1 Å². The number of nitrogens with one attached hydrogen (secondary N) is 1. The molecule has 3 rings (SSSR count). The summed E-state index contributed by atoms with van der Waals surface area (Å²) in [7, 11) is 0. The van der Waals surface area contributed by atoms with Crippen molar-refractivity contribution in [3.8, 4) is 0 Å². The number of pyridine rings is 1. The highest BCUT2D eigenvalue weighted by atomic mass is 16.5. The van der Waals surface area contributed by atoms with E-state index in [4.69, 9.17) is 15.6 Å². The van der Waals surface area contributed by atoms with Gasteiger partial charge in [-0.2, -0.15) is 0 Å². The van der Waals surface area contributed by atoms with Crippen molar-refractivity contribution in [2.45, 2.75) is 20.0 Å². The Hall–Kier alpha value is -2.51. The van der Waals surface area contributed by atoms with Crippen LogP contribution in [0.5, 0.6) is 0 Å². The molecule has 0 aliphatic rings. The number of carboxylic acids is 1. The maximum absolute atomic E-state index is 10.6. The van der Waals surface area contributed by atoms with Crippen LogP contribution in [0, 0.1) is 5.92 Å². The van der Waals surface area contributed by atoms with Crippen molar-refractivity contribution in [1.82, 2.24) is 15.0 Å². The lowest BCUT2D eigenvalue weighted by molar-refractivity contribution is -0.142. The number of nitrogens with two attached hydrogens (primary N) is 1. The lowest BCUT2D eigenvalue weighted by Gasteiger charge is -2.12. The molecule has 0 fully saturated rings. The number of rotatable bonds is 7. The normalized spacial score (nSPS) is 12.8. The summed E-state index contributed by atoms with van der Waals surface area (Å²) in [5.74, 6) is -0.641. The standard InChI is InChI=1S/C17H20N4O3/c1-10(6-18)5-11-3-2-4-12-15(11)17-16(19-9-20-17)13(21-12)7-24-8-14(22)23/h2-4,9-10H,5-8,18H2,1H3,(H,19,20)(H,22,23). The molecule has 2 aromatic heterocycles. The van der Waals surface area contributed by atoms with Crippen LogP contribution >= 0.6 is 0 Å². The third-order valence-electron chi connectivity index (χ3n) is 3.98. The van der Waals surface area contributed by atoms with Crippen LogP contribution in [0.2, 0.25) is 0 Å². The first-order chi connectivity index (χ1) is 11.6. The average molecular weight is 328 g/mol. The number of H-pyrrole nitrogens is 1. The van der Waals surface area contributed by atoms with Crippen molar-refractivity contribution >= 4 is 27.9 Å². The molecule has 0 saturated carbocycles. The number of hydrogen-bond donors (Lipinski definition) is 3. The van der Waals surface area contributed by atoms with Gasteiger partial charge in [-0.3, -0.25) is 0 Å². The fourth-order valence-corrected chi connectivity index (χ4v) is 2.83. The Morgan fingerprint density at radius 1 is 1.46 bits per heavy atom. The van der Waals surface area contributed by atoms with E-state index in [1.165, 1.54) is 0 Å². The molecule has 0 saturated heterocycles. The molecule has 0 bridgehead atoms. The number of aromatic amines is 1. The van der Waals surface area contributed by atoms with Crippen LogP contribution in [0.25, 0.3) is 21.9 Å². The quantitative estimate of drug-likeness (QED) is 0.610. The van der Waals surface area contributed by atoms with Crippen LogP contribution in [0.1, 0.15) is 18.2 Å². The molecule has 1 aromatic carbocycles. The zero-order valence-electron chi connectivity index (χ0n) is 13.5. The van der Waals surface area contributed by atoms with E-state index in [0.717, 1.165) is 33.9 Å². The van der Waals surface area contributed by atoms with E-state index < -0.39 is 5.97 Å². The molecule has 24 heavy (non-hydrogen) atoms. The van der Waals surface area contributed by atoms with Gasteiger partial charge in [0.25, 0.3) is 0 Å². The van der Waals surface area contributed by atoms with Crippen LogP contribution in [0.3, 0.4) is 0 Å². The highest BCUT2D eigenvalue weighted by Gasteiger charge is 2.15. The van der Waals surface area contributed by atoms with Gasteiger partial charge >= 0.3 is 5.97 Å². The molecule has 7 heteroatoms. The fourth-order valence-electron chi connectivity index (χ4n) is 2.83.